The van der Waals surface area contributed by atoms with Crippen molar-refractivity contribution in [2.24, 2.45) is 0 Å². The minimum Gasteiger partial charge on any atom is -0.500 e. The molecule has 0 aliphatic rings. The Kier molecular flexibility index (Phi) is 11.0. The molecule has 3 heterocycles. The maximum atomic E-state index is 6.59. The van der Waals surface area contributed by atoms with E-state index in [1.807, 2.05) is 24.4 Å². The van der Waals surface area contributed by atoms with Crippen LogP contribution in [-0.2, 0) is 26.5 Å². The first kappa shape index (κ1) is 38.9. The van der Waals surface area contributed by atoms with Crippen molar-refractivity contribution in [3.8, 4) is 33.6 Å². The van der Waals surface area contributed by atoms with Gasteiger partial charge in [0.1, 0.15) is 5.58 Å². The summed E-state index contributed by atoms with van der Waals surface area (Å²) in [4.78, 5) is 9.42. The van der Waals surface area contributed by atoms with Gasteiger partial charge in [0, 0.05) is 43.3 Å². The first-order valence-electron chi connectivity index (χ1n) is 19.5. The Hall–Kier alpha value is -5.97. The number of benzene rings is 7. The molecule has 58 heavy (non-hydrogen) atoms. The summed E-state index contributed by atoms with van der Waals surface area (Å²) in [6.07, 6.45) is 4.83. The van der Waals surface area contributed by atoms with Crippen LogP contribution in [0.1, 0.15) is 16.7 Å². The van der Waals surface area contributed by atoms with Crippen molar-refractivity contribution in [2.45, 2.75) is 33.0 Å². The second kappa shape index (κ2) is 16.5. The second-order valence-electron chi connectivity index (χ2n) is 15.7. The van der Waals surface area contributed by atoms with E-state index in [0.29, 0.717) is 0 Å². The summed E-state index contributed by atoms with van der Waals surface area (Å²) >= 11 is 0. The van der Waals surface area contributed by atoms with Gasteiger partial charge >= 0.3 is 0 Å². The summed E-state index contributed by atoms with van der Waals surface area (Å²) in [7, 11) is -1.47. The third-order valence-electron chi connectivity index (χ3n) is 10.7. The number of furan rings is 1. The fourth-order valence-electron chi connectivity index (χ4n) is 7.75. The molecule has 5 heteroatoms. The smallest absolute Gasteiger partial charge is 0.128 e. The maximum absolute atomic E-state index is 6.59. The fraction of sp³-hybridized carbons (Fsp3) is 0.0943. The summed E-state index contributed by atoms with van der Waals surface area (Å²) in [5.74, 6) is 0. The average Bonchev–Trinajstić information content (AvgIpc) is 3.64. The van der Waals surface area contributed by atoms with Gasteiger partial charge in [-0.05, 0) is 67.5 Å². The van der Waals surface area contributed by atoms with Gasteiger partial charge in [0.25, 0.3) is 0 Å². The monoisotopic (exact) mass is 943 g/mol. The third kappa shape index (κ3) is 7.82. The van der Waals surface area contributed by atoms with Crippen molar-refractivity contribution >= 4 is 56.7 Å². The van der Waals surface area contributed by atoms with Gasteiger partial charge in [-0.15, -0.1) is 53.6 Å². The van der Waals surface area contributed by atoms with Crippen LogP contribution >= 0.6 is 0 Å². The second-order valence-corrected chi connectivity index (χ2v) is 20.8. The molecule has 0 atom stereocenters. The van der Waals surface area contributed by atoms with Crippen molar-refractivity contribution in [3.63, 3.8) is 0 Å². The molecule has 3 aromatic heterocycles. The molecular weight excluding hydrogens is 901 g/mol. The molecule has 0 saturated heterocycles. The molecule has 0 fully saturated rings. The van der Waals surface area contributed by atoms with Gasteiger partial charge in [-0.25, -0.2) is 0 Å². The van der Waals surface area contributed by atoms with Crippen LogP contribution in [0.15, 0.2) is 175 Å². The summed E-state index contributed by atoms with van der Waals surface area (Å²) in [6, 6.07) is 61.8. The van der Waals surface area contributed by atoms with Crippen molar-refractivity contribution < 1.29 is 24.5 Å². The van der Waals surface area contributed by atoms with E-state index in [9.17, 15) is 0 Å². The van der Waals surface area contributed by atoms with Crippen LogP contribution < -0.4 is 5.19 Å². The molecule has 0 N–H and O–H groups in total. The van der Waals surface area contributed by atoms with Crippen LogP contribution in [0.2, 0.25) is 19.6 Å². The van der Waals surface area contributed by atoms with Crippen LogP contribution in [-0.4, -0.2) is 18.0 Å². The van der Waals surface area contributed by atoms with Crippen LogP contribution in [0.5, 0.6) is 0 Å². The molecule has 3 nitrogen and oxygen atoms in total. The van der Waals surface area contributed by atoms with E-state index in [1.165, 1.54) is 49.2 Å². The quantitative estimate of drug-likeness (QED) is 0.0947. The van der Waals surface area contributed by atoms with Crippen molar-refractivity contribution in [1.82, 2.24) is 9.97 Å². The van der Waals surface area contributed by atoms with Crippen molar-refractivity contribution in [1.29, 1.82) is 0 Å². The summed E-state index contributed by atoms with van der Waals surface area (Å²) in [6.45, 7) is 9.19. The molecule has 285 valence electrons. The van der Waals surface area contributed by atoms with Gasteiger partial charge in [0.2, 0.25) is 0 Å². The minimum absolute atomic E-state index is 0. The molecule has 0 saturated carbocycles. The number of fused-ring (bicyclic) bond motifs is 7. The van der Waals surface area contributed by atoms with Crippen LogP contribution in [0.3, 0.4) is 0 Å². The normalized spacial score (nSPS) is 11.4. The number of nitrogens with zero attached hydrogens (tertiary/aromatic N) is 2. The van der Waals surface area contributed by atoms with Crippen molar-refractivity contribution in [3.05, 3.63) is 199 Å². The Morgan fingerprint density at radius 1 is 0.586 bits per heavy atom. The van der Waals surface area contributed by atoms with Gasteiger partial charge in [-0.3, -0.25) is 0 Å². The molecule has 7 aromatic carbocycles. The standard InChI is InChI=1S/C32H20NO.C21H22NSi.Ir/c1-2-7-21(8-3-1)19-22-17-18-33-30(20-22)29-12-6-11-26-28-16-15-25-24-10-5-4-9-23(24)13-14-27(25)31(28)34-32(26)29;1-16-10-12-18(13-11-16)20-14-19(17-8-6-5-7-9-17)21(15-22-20)23(2,3)4;/h1-11,13-18,20H,19H2;5-12,14-15H,1-4H3;/q2*-1;. The van der Waals surface area contributed by atoms with Crippen molar-refractivity contribution in [2.75, 3.05) is 0 Å². The predicted molar refractivity (Wildman–Crippen MR) is 242 cm³/mol. The van der Waals surface area contributed by atoms with Crippen LogP contribution in [0.4, 0.5) is 0 Å². The molecule has 1 radical (unpaired) electrons. The molecule has 0 aliphatic carbocycles. The van der Waals surface area contributed by atoms with E-state index in [1.54, 1.807) is 0 Å². The largest absolute Gasteiger partial charge is 0.500 e. The van der Waals surface area contributed by atoms with E-state index < -0.39 is 8.07 Å². The van der Waals surface area contributed by atoms with Crippen LogP contribution in [0, 0.1) is 19.1 Å². The maximum Gasteiger partial charge on any atom is 0.128 e. The van der Waals surface area contributed by atoms with Gasteiger partial charge in [-0.1, -0.05) is 159 Å². The van der Waals surface area contributed by atoms with E-state index in [4.69, 9.17) is 9.40 Å². The average molecular weight is 943 g/mol. The van der Waals surface area contributed by atoms with Gasteiger partial charge in [0.15, 0.2) is 0 Å². The first-order chi connectivity index (χ1) is 27.8. The van der Waals surface area contributed by atoms with E-state index in [0.717, 1.165) is 56.3 Å². The number of aryl methyl sites for hydroxylation is 1. The number of pyridine rings is 2. The Bertz CT molecular complexity index is 3020. The molecular formula is C53H42IrN2OSi-2. The van der Waals surface area contributed by atoms with Gasteiger partial charge < -0.3 is 14.4 Å². The number of aromatic nitrogens is 2. The van der Waals surface area contributed by atoms with E-state index >= 15 is 0 Å². The Balaban J connectivity index is 0.000000172. The molecule has 10 aromatic rings. The Labute approximate surface area is 354 Å². The zero-order valence-corrected chi connectivity index (χ0v) is 36.4. The molecule has 0 spiro atoms. The summed E-state index contributed by atoms with van der Waals surface area (Å²) in [5.41, 5.74) is 11.9. The molecule has 0 unspecified atom stereocenters. The predicted octanol–water partition coefficient (Wildman–Crippen LogP) is 13.4. The SMILES string of the molecule is Cc1c[c-]c(-c2cc(-c3ccccc3)c([Si](C)(C)C)cn2)cc1.[Ir].[c-]1ccc2c(oc3c2ccc2c4ccccc4ccc23)c1-c1cc(Cc2ccccc2)ccn1. The molecule has 0 amide bonds. The number of hydrogen-bond acceptors (Lipinski definition) is 3. The fourth-order valence-corrected chi connectivity index (χ4v) is 9.22. The van der Waals surface area contributed by atoms with E-state index in [-0.39, 0.29) is 20.1 Å². The summed E-state index contributed by atoms with van der Waals surface area (Å²) in [5, 5.41) is 8.42. The zero-order chi connectivity index (χ0) is 38.9. The number of hydrogen-bond donors (Lipinski definition) is 0. The van der Waals surface area contributed by atoms with Gasteiger partial charge in [0.05, 0.1) is 13.7 Å². The zero-order valence-electron chi connectivity index (χ0n) is 33.0. The number of rotatable bonds is 6. The third-order valence-corrected chi connectivity index (χ3v) is 12.7. The van der Waals surface area contributed by atoms with Crippen LogP contribution in [0.25, 0.3) is 77.1 Å². The minimum atomic E-state index is -1.47. The van der Waals surface area contributed by atoms with E-state index in [2.05, 4.69) is 189 Å². The molecule has 0 aliphatic heterocycles. The topological polar surface area (TPSA) is 38.9 Å². The molecule has 0 bridgehead atoms. The Morgan fingerprint density at radius 2 is 1.29 bits per heavy atom. The Morgan fingerprint density at radius 3 is 2.07 bits per heavy atom. The first-order valence-corrected chi connectivity index (χ1v) is 23.0. The summed E-state index contributed by atoms with van der Waals surface area (Å²) < 4.78 is 6.59. The van der Waals surface area contributed by atoms with Gasteiger partial charge in [-0.2, -0.15) is 0 Å². The molecule has 10 rings (SSSR count).